The van der Waals surface area contributed by atoms with E-state index in [1.54, 1.807) is 5.32 Å². The molecule has 0 aromatic heterocycles. The van der Waals surface area contributed by atoms with Crippen molar-refractivity contribution in [1.29, 1.82) is 0 Å². The SMILES string of the molecule is Cc1ccc(C(=O)NCC(F)(F)C(F)F)cc1S(=O)(=O)Cl. The molecule has 0 spiro atoms. The van der Waals surface area contributed by atoms with Crippen molar-refractivity contribution < 1.29 is 30.8 Å². The molecule has 0 aliphatic heterocycles. The zero-order chi connectivity index (χ0) is 16.4. The van der Waals surface area contributed by atoms with Gasteiger partial charge in [-0.2, -0.15) is 8.78 Å². The maximum absolute atomic E-state index is 12.7. The monoisotopic (exact) mass is 347 g/mol. The lowest BCUT2D eigenvalue weighted by Crippen LogP contribution is -2.41. The minimum atomic E-state index is -4.37. The average molecular weight is 348 g/mol. The Morgan fingerprint density at radius 3 is 2.43 bits per heavy atom. The van der Waals surface area contributed by atoms with Crippen LogP contribution in [0, 0.1) is 6.92 Å². The van der Waals surface area contributed by atoms with Gasteiger partial charge in [-0.05, 0) is 24.6 Å². The molecule has 0 unspecified atom stereocenters. The summed E-state index contributed by atoms with van der Waals surface area (Å²) in [4.78, 5) is 11.2. The first-order chi connectivity index (χ1) is 9.45. The van der Waals surface area contributed by atoms with Gasteiger partial charge in [0.1, 0.15) is 0 Å². The van der Waals surface area contributed by atoms with Gasteiger partial charge in [-0.15, -0.1) is 0 Å². The number of rotatable bonds is 5. The summed E-state index contributed by atoms with van der Waals surface area (Å²) in [5, 5.41) is 1.61. The van der Waals surface area contributed by atoms with Gasteiger partial charge in [-0.3, -0.25) is 4.79 Å². The second-order valence-corrected chi connectivity index (χ2v) is 6.70. The predicted octanol–water partition coefficient (Wildman–Crippen LogP) is 2.55. The average Bonchev–Trinajstić information content (AvgIpc) is 2.35. The third-order valence-corrected chi connectivity index (χ3v) is 3.98. The van der Waals surface area contributed by atoms with E-state index >= 15 is 0 Å². The van der Waals surface area contributed by atoms with Crippen LogP contribution in [0.1, 0.15) is 15.9 Å². The van der Waals surface area contributed by atoms with Crippen molar-refractivity contribution in [3.63, 3.8) is 0 Å². The molecule has 0 atom stereocenters. The van der Waals surface area contributed by atoms with Crippen molar-refractivity contribution in [2.45, 2.75) is 24.2 Å². The van der Waals surface area contributed by atoms with Crippen LogP contribution in [0.25, 0.3) is 0 Å². The van der Waals surface area contributed by atoms with Gasteiger partial charge in [-0.1, -0.05) is 6.07 Å². The van der Waals surface area contributed by atoms with Gasteiger partial charge in [0.05, 0.1) is 11.4 Å². The Balaban J connectivity index is 2.95. The van der Waals surface area contributed by atoms with Gasteiger partial charge in [0.15, 0.2) is 0 Å². The molecule has 1 N–H and O–H groups in total. The van der Waals surface area contributed by atoms with Crippen molar-refractivity contribution in [2.75, 3.05) is 6.54 Å². The fourth-order valence-corrected chi connectivity index (χ4v) is 2.60. The fourth-order valence-electron chi connectivity index (χ4n) is 1.38. The van der Waals surface area contributed by atoms with Crippen LogP contribution in [0.4, 0.5) is 17.6 Å². The number of carbonyl (C=O) groups is 1. The molecule has 1 rings (SSSR count). The summed E-state index contributed by atoms with van der Waals surface area (Å²) in [5.41, 5.74) is -0.0376. The summed E-state index contributed by atoms with van der Waals surface area (Å²) in [7, 11) is 1.03. The molecule has 21 heavy (non-hydrogen) atoms. The molecule has 1 amide bonds. The summed E-state index contributed by atoms with van der Waals surface area (Å²) in [5.74, 6) is -5.49. The smallest absolute Gasteiger partial charge is 0.324 e. The van der Waals surface area contributed by atoms with E-state index in [0.29, 0.717) is 0 Å². The molecule has 0 radical (unpaired) electrons. The van der Waals surface area contributed by atoms with Gasteiger partial charge < -0.3 is 5.32 Å². The highest BCUT2D eigenvalue weighted by atomic mass is 35.7. The number of hydrogen-bond acceptors (Lipinski definition) is 3. The molecule has 1 aromatic rings. The van der Waals surface area contributed by atoms with Crippen LogP contribution in [0.3, 0.4) is 0 Å². The van der Waals surface area contributed by atoms with E-state index in [2.05, 4.69) is 0 Å². The van der Waals surface area contributed by atoms with Crippen molar-refractivity contribution in [2.24, 2.45) is 0 Å². The molecule has 0 aliphatic rings. The molecule has 4 nitrogen and oxygen atoms in total. The number of carbonyl (C=O) groups excluding carboxylic acids is 1. The predicted molar refractivity (Wildman–Crippen MR) is 67.5 cm³/mol. The van der Waals surface area contributed by atoms with E-state index in [1.807, 2.05) is 0 Å². The first-order valence-corrected chi connectivity index (χ1v) is 7.75. The Kier molecular flexibility index (Phi) is 5.21. The van der Waals surface area contributed by atoms with E-state index < -0.39 is 33.9 Å². The van der Waals surface area contributed by atoms with Crippen LogP contribution >= 0.6 is 10.7 Å². The summed E-state index contributed by atoms with van der Waals surface area (Å²) in [6.45, 7) is -0.151. The number of alkyl halides is 4. The Morgan fingerprint density at radius 1 is 1.38 bits per heavy atom. The van der Waals surface area contributed by atoms with Crippen molar-refractivity contribution in [1.82, 2.24) is 5.32 Å². The number of halogens is 5. The van der Waals surface area contributed by atoms with Crippen LogP contribution in [0.15, 0.2) is 23.1 Å². The van der Waals surface area contributed by atoms with Crippen molar-refractivity contribution >= 4 is 25.6 Å². The quantitative estimate of drug-likeness (QED) is 0.657. The molecule has 0 saturated heterocycles. The van der Waals surface area contributed by atoms with Gasteiger partial charge in [0.25, 0.3) is 15.0 Å². The zero-order valence-electron chi connectivity index (χ0n) is 10.5. The molecule has 0 bridgehead atoms. The maximum Gasteiger partial charge on any atom is 0.324 e. The van der Waals surface area contributed by atoms with Gasteiger partial charge in [0.2, 0.25) is 0 Å². The molecule has 0 fully saturated rings. The van der Waals surface area contributed by atoms with Crippen molar-refractivity contribution in [3.05, 3.63) is 29.3 Å². The van der Waals surface area contributed by atoms with Gasteiger partial charge in [0, 0.05) is 16.2 Å². The first-order valence-electron chi connectivity index (χ1n) is 5.44. The van der Waals surface area contributed by atoms with Crippen LogP contribution < -0.4 is 5.32 Å². The van der Waals surface area contributed by atoms with E-state index in [9.17, 15) is 30.8 Å². The topological polar surface area (TPSA) is 63.2 Å². The van der Waals surface area contributed by atoms with Crippen LogP contribution in [-0.2, 0) is 9.05 Å². The number of benzene rings is 1. The second kappa shape index (κ2) is 6.18. The first kappa shape index (κ1) is 17.7. The molecular formula is C11H10ClF4NO3S. The number of hydrogen-bond donors (Lipinski definition) is 1. The normalized spacial score (nSPS) is 12.5. The summed E-state index contributed by atoms with van der Waals surface area (Å²) in [6.07, 6.45) is -3.92. The summed E-state index contributed by atoms with van der Waals surface area (Å²) < 4.78 is 71.7. The highest BCUT2D eigenvalue weighted by molar-refractivity contribution is 8.13. The second-order valence-electron chi connectivity index (χ2n) is 4.16. The number of aryl methyl sites for hydroxylation is 1. The third-order valence-electron chi connectivity index (χ3n) is 2.52. The minimum absolute atomic E-state index is 0.250. The molecule has 0 saturated carbocycles. The molecule has 118 valence electrons. The summed E-state index contributed by atoms with van der Waals surface area (Å²) >= 11 is 0. The number of amides is 1. The Labute approximate surface area is 122 Å². The van der Waals surface area contributed by atoms with E-state index in [1.165, 1.54) is 13.0 Å². The molecule has 10 heteroatoms. The minimum Gasteiger partial charge on any atom is -0.346 e. The molecule has 1 aromatic carbocycles. The third kappa shape index (κ3) is 4.57. The molecular weight excluding hydrogens is 338 g/mol. The van der Waals surface area contributed by atoms with E-state index in [-0.39, 0.29) is 16.0 Å². The Morgan fingerprint density at radius 2 is 1.95 bits per heavy atom. The largest absolute Gasteiger partial charge is 0.346 e. The lowest BCUT2D eigenvalue weighted by Gasteiger charge is -2.16. The standard InChI is InChI=1S/C11H10ClF4NO3S/c1-6-2-3-7(4-8(6)21(12,19)20)9(18)17-5-11(15,16)10(13)14/h2-4,10H,5H2,1H3,(H,17,18). The van der Waals surface area contributed by atoms with Crippen LogP contribution in [0.5, 0.6) is 0 Å². The van der Waals surface area contributed by atoms with Crippen LogP contribution in [0.2, 0.25) is 0 Å². The van der Waals surface area contributed by atoms with E-state index in [0.717, 1.165) is 12.1 Å². The molecule has 0 heterocycles. The highest BCUT2D eigenvalue weighted by Gasteiger charge is 2.40. The fraction of sp³-hybridized carbons (Fsp3) is 0.364. The van der Waals surface area contributed by atoms with Gasteiger partial charge in [-0.25, -0.2) is 17.2 Å². The zero-order valence-corrected chi connectivity index (χ0v) is 12.1. The van der Waals surface area contributed by atoms with E-state index in [4.69, 9.17) is 10.7 Å². The highest BCUT2D eigenvalue weighted by Crippen LogP contribution is 2.23. The van der Waals surface area contributed by atoms with Gasteiger partial charge >= 0.3 is 12.3 Å². The summed E-state index contributed by atoms with van der Waals surface area (Å²) in [6, 6.07) is 3.29. The Hall–Kier alpha value is -1.35. The van der Waals surface area contributed by atoms with Crippen LogP contribution in [-0.4, -0.2) is 33.2 Å². The number of nitrogens with one attached hydrogen (secondary N) is 1. The molecule has 0 aliphatic carbocycles. The van der Waals surface area contributed by atoms with Crippen molar-refractivity contribution in [3.8, 4) is 0 Å². The lowest BCUT2D eigenvalue weighted by molar-refractivity contribution is -0.123. The lowest BCUT2D eigenvalue weighted by atomic mass is 10.1. The Bertz CT molecular complexity index is 649. The maximum atomic E-state index is 12.7.